The molecule has 0 N–H and O–H groups in total. The van der Waals surface area contributed by atoms with E-state index >= 15 is 0 Å². The topological polar surface area (TPSA) is 42.9 Å². The van der Waals surface area contributed by atoms with Crippen molar-refractivity contribution in [3.63, 3.8) is 0 Å². The zero-order valence-electron chi connectivity index (χ0n) is 8.64. The standard InChI is InChI=1S/C12H9FN2O/c1-8-5-11(7-16)15-12(14-8)9-3-2-4-10(13)6-9/h2-7H,1H3. The van der Waals surface area contributed by atoms with E-state index in [9.17, 15) is 9.18 Å². The van der Waals surface area contributed by atoms with Crippen molar-refractivity contribution in [2.75, 3.05) is 0 Å². The number of hydrogen-bond acceptors (Lipinski definition) is 3. The highest BCUT2D eigenvalue weighted by molar-refractivity contribution is 5.73. The Hall–Kier alpha value is -2.10. The SMILES string of the molecule is Cc1cc(C=O)nc(-c2cccc(F)c2)n1. The number of nitrogens with zero attached hydrogens (tertiary/aromatic N) is 2. The smallest absolute Gasteiger partial charge is 0.168 e. The number of aryl methyl sites for hydroxylation is 1. The third-order valence-corrected chi connectivity index (χ3v) is 2.08. The van der Waals surface area contributed by atoms with E-state index in [4.69, 9.17) is 0 Å². The number of aromatic nitrogens is 2. The van der Waals surface area contributed by atoms with Gasteiger partial charge in [0.25, 0.3) is 0 Å². The van der Waals surface area contributed by atoms with Crippen LogP contribution in [0.1, 0.15) is 16.2 Å². The predicted molar refractivity (Wildman–Crippen MR) is 57.6 cm³/mol. The summed E-state index contributed by atoms with van der Waals surface area (Å²) in [7, 11) is 0. The summed E-state index contributed by atoms with van der Waals surface area (Å²) in [5.74, 6) is 0.0110. The highest BCUT2D eigenvalue weighted by Gasteiger charge is 2.05. The molecule has 0 fully saturated rings. The van der Waals surface area contributed by atoms with Gasteiger partial charge in [-0.3, -0.25) is 4.79 Å². The first-order valence-corrected chi connectivity index (χ1v) is 4.76. The molecule has 1 heterocycles. The molecular formula is C12H9FN2O. The van der Waals surface area contributed by atoms with Gasteiger partial charge in [0.2, 0.25) is 0 Å². The van der Waals surface area contributed by atoms with Gasteiger partial charge in [-0.2, -0.15) is 0 Å². The molecule has 0 atom stereocenters. The quantitative estimate of drug-likeness (QED) is 0.724. The summed E-state index contributed by atoms with van der Waals surface area (Å²) in [5, 5.41) is 0. The fraction of sp³-hybridized carbons (Fsp3) is 0.0833. The van der Waals surface area contributed by atoms with Gasteiger partial charge >= 0.3 is 0 Å². The number of carbonyl (C=O) groups is 1. The van der Waals surface area contributed by atoms with Gasteiger partial charge in [0, 0.05) is 11.3 Å². The van der Waals surface area contributed by atoms with Crippen LogP contribution in [0.25, 0.3) is 11.4 Å². The van der Waals surface area contributed by atoms with Crippen LogP contribution in [0.2, 0.25) is 0 Å². The number of benzene rings is 1. The molecular weight excluding hydrogens is 207 g/mol. The lowest BCUT2D eigenvalue weighted by atomic mass is 10.2. The van der Waals surface area contributed by atoms with Gasteiger partial charge in [0.15, 0.2) is 12.1 Å². The highest BCUT2D eigenvalue weighted by atomic mass is 19.1. The molecule has 0 saturated carbocycles. The van der Waals surface area contributed by atoms with E-state index in [-0.39, 0.29) is 5.82 Å². The minimum absolute atomic E-state index is 0.298. The minimum atomic E-state index is -0.352. The number of aldehydes is 1. The van der Waals surface area contributed by atoms with Crippen LogP contribution in [0.4, 0.5) is 4.39 Å². The highest BCUT2D eigenvalue weighted by Crippen LogP contribution is 2.16. The van der Waals surface area contributed by atoms with Crippen molar-refractivity contribution in [3.05, 3.63) is 47.5 Å². The molecule has 1 aromatic carbocycles. The maximum atomic E-state index is 13.0. The van der Waals surface area contributed by atoms with Crippen LogP contribution in [0.15, 0.2) is 30.3 Å². The number of hydrogen-bond donors (Lipinski definition) is 0. The van der Waals surface area contributed by atoms with Gasteiger partial charge in [-0.15, -0.1) is 0 Å². The van der Waals surface area contributed by atoms with Crippen molar-refractivity contribution in [1.29, 1.82) is 0 Å². The summed E-state index contributed by atoms with van der Waals surface area (Å²) in [5.41, 5.74) is 1.54. The third-order valence-electron chi connectivity index (χ3n) is 2.08. The third kappa shape index (κ3) is 2.11. The van der Waals surface area contributed by atoms with Gasteiger partial charge in [0.1, 0.15) is 11.5 Å². The second kappa shape index (κ2) is 4.18. The van der Waals surface area contributed by atoms with Crippen molar-refractivity contribution in [3.8, 4) is 11.4 Å². The molecule has 0 saturated heterocycles. The molecule has 16 heavy (non-hydrogen) atoms. The van der Waals surface area contributed by atoms with Crippen molar-refractivity contribution in [1.82, 2.24) is 9.97 Å². The van der Waals surface area contributed by atoms with E-state index in [2.05, 4.69) is 9.97 Å². The Labute approximate surface area is 92.0 Å². The lowest BCUT2D eigenvalue weighted by Crippen LogP contribution is -1.97. The zero-order valence-corrected chi connectivity index (χ0v) is 8.64. The summed E-state index contributed by atoms with van der Waals surface area (Å²) < 4.78 is 13.0. The van der Waals surface area contributed by atoms with Crippen LogP contribution < -0.4 is 0 Å². The zero-order chi connectivity index (χ0) is 11.5. The molecule has 0 radical (unpaired) electrons. The fourth-order valence-electron chi connectivity index (χ4n) is 1.41. The van der Waals surface area contributed by atoms with E-state index in [1.54, 1.807) is 25.1 Å². The maximum Gasteiger partial charge on any atom is 0.168 e. The van der Waals surface area contributed by atoms with E-state index in [0.717, 1.165) is 0 Å². The molecule has 80 valence electrons. The Morgan fingerprint density at radius 1 is 1.25 bits per heavy atom. The van der Waals surface area contributed by atoms with Crippen LogP contribution in [-0.2, 0) is 0 Å². The summed E-state index contributed by atoms with van der Waals surface area (Å²) in [6.07, 6.45) is 0.650. The summed E-state index contributed by atoms with van der Waals surface area (Å²) >= 11 is 0. The summed E-state index contributed by atoms with van der Waals surface area (Å²) in [4.78, 5) is 18.8. The first-order chi connectivity index (χ1) is 7.69. The van der Waals surface area contributed by atoms with Gasteiger partial charge in [-0.1, -0.05) is 12.1 Å². The largest absolute Gasteiger partial charge is 0.296 e. The molecule has 4 heteroatoms. The van der Waals surface area contributed by atoms with E-state index in [1.807, 2.05) is 0 Å². The van der Waals surface area contributed by atoms with Gasteiger partial charge in [-0.05, 0) is 25.1 Å². The van der Waals surface area contributed by atoms with E-state index in [0.29, 0.717) is 29.1 Å². The van der Waals surface area contributed by atoms with Crippen LogP contribution >= 0.6 is 0 Å². The minimum Gasteiger partial charge on any atom is -0.296 e. The van der Waals surface area contributed by atoms with Crippen molar-refractivity contribution < 1.29 is 9.18 Å². The average molecular weight is 216 g/mol. The molecule has 0 bridgehead atoms. The van der Waals surface area contributed by atoms with Gasteiger partial charge in [0.05, 0.1) is 0 Å². The maximum absolute atomic E-state index is 13.0. The Morgan fingerprint density at radius 3 is 2.75 bits per heavy atom. The summed E-state index contributed by atoms with van der Waals surface area (Å²) in [6.45, 7) is 1.76. The van der Waals surface area contributed by atoms with Crippen molar-refractivity contribution in [2.45, 2.75) is 6.92 Å². The second-order valence-corrected chi connectivity index (χ2v) is 3.39. The average Bonchev–Trinajstić information content (AvgIpc) is 2.28. The van der Waals surface area contributed by atoms with Crippen LogP contribution in [0.3, 0.4) is 0 Å². The number of halogens is 1. The lowest BCUT2D eigenvalue weighted by Gasteiger charge is -2.02. The summed E-state index contributed by atoms with van der Waals surface area (Å²) in [6, 6.07) is 7.54. The van der Waals surface area contributed by atoms with Crippen molar-refractivity contribution in [2.24, 2.45) is 0 Å². The molecule has 0 aliphatic heterocycles. The molecule has 0 aliphatic carbocycles. The molecule has 3 nitrogen and oxygen atoms in total. The first-order valence-electron chi connectivity index (χ1n) is 4.76. The van der Waals surface area contributed by atoms with E-state index in [1.165, 1.54) is 12.1 Å². The first kappa shape index (κ1) is 10.4. The molecule has 0 amide bonds. The van der Waals surface area contributed by atoms with Crippen LogP contribution in [-0.4, -0.2) is 16.3 Å². The Morgan fingerprint density at radius 2 is 2.06 bits per heavy atom. The fourth-order valence-corrected chi connectivity index (χ4v) is 1.41. The van der Waals surface area contributed by atoms with Gasteiger partial charge < -0.3 is 0 Å². The van der Waals surface area contributed by atoms with Crippen LogP contribution in [0, 0.1) is 12.7 Å². The number of rotatable bonds is 2. The van der Waals surface area contributed by atoms with Crippen molar-refractivity contribution >= 4 is 6.29 Å². The molecule has 1 aromatic heterocycles. The molecule has 2 rings (SSSR count). The van der Waals surface area contributed by atoms with Crippen LogP contribution in [0.5, 0.6) is 0 Å². The normalized spacial score (nSPS) is 10.1. The molecule has 0 spiro atoms. The predicted octanol–water partition coefficient (Wildman–Crippen LogP) is 2.40. The second-order valence-electron chi connectivity index (χ2n) is 3.39. The monoisotopic (exact) mass is 216 g/mol. The Kier molecular flexibility index (Phi) is 2.72. The molecule has 0 unspecified atom stereocenters. The van der Waals surface area contributed by atoms with Gasteiger partial charge in [-0.25, -0.2) is 14.4 Å². The Bertz CT molecular complexity index is 540. The number of carbonyl (C=O) groups excluding carboxylic acids is 1. The van der Waals surface area contributed by atoms with E-state index < -0.39 is 0 Å². The molecule has 2 aromatic rings. The lowest BCUT2D eigenvalue weighted by molar-refractivity contribution is 0.111. The molecule has 0 aliphatic rings. The Balaban J connectivity index is 2.55.